The summed E-state index contributed by atoms with van der Waals surface area (Å²) in [6.45, 7) is 5.36. The summed E-state index contributed by atoms with van der Waals surface area (Å²) >= 11 is 6.64. The molecule has 28 heavy (non-hydrogen) atoms. The van der Waals surface area contributed by atoms with Gasteiger partial charge < -0.3 is 23.7 Å². The van der Waals surface area contributed by atoms with Crippen LogP contribution in [0.5, 0.6) is 23.0 Å². The van der Waals surface area contributed by atoms with Gasteiger partial charge in [-0.15, -0.1) is 0 Å². The third kappa shape index (κ3) is 3.47. The maximum atomic E-state index is 11.7. The highest BCUT2D eigenvalue weighted by molar-refractivity contribution is 6.49. The van der Waals surface area contributed by atoms with Crippen LogP contribution in [0.1, 0.15) is 38.0 Å². The number of ether oxygens (including phenoxy) is 5. The molecular weight excluding hydrogens is 384 g/mol. The van der Waals surface area contributed by atoms with Gasteiger partial charge in [-0.05, 0) is 44.2 Å². The molecular formula is C21H19ClO6. The second-order valence-electron chi connectivity index (χ2n) is 6.71. The average molecular weight is 403 g/mol. The third-order valence-corrected chi connectivity index (χ3v) is 4.60. The van der Waals surface area contributed by atoms with E-state index in [9.17, 15) is 4.79 Å². The maximum absolute atomic E-state index is 11.7. The number of carbonyl (C=O) groups is 1. The Morgan fingerprint density at radius 2 is 1.86 bits per heavy atom. The summed E-state index contributed by atoms with van der Waals surface area (Å²) in [5.74, 6) is 2.21. The largest absolute Gasteiger partial charge is 0.491 e. The molecule has 0 aromatic heterocycles. The van der Waals surface area contributed by atoms with Gasteiger partial charge in [-0.1, -0.05) is 17.7 Å². The lowest BCUT2D eigenvalue weighted by Crippen LogP contribution is -2.20. The summed E-state index contributed by atoms with van der Waals surface area (Å²) in [7, 11) is 0. The van der Waals surface area contributed by atoms with Crippen molar-refractivity contribution in [3.63, 3.8) is 0 Å². The van der Waals surface area contributed by atoms with E-state index >= 15 is 0 Å². The Kier molecular flexibility index (Phi) is 4.81. The molecule has 0 aliphatic carbocycles. The van der Waals surface area contributed by atoms with Gasteiger partial charge in [0.25, 0.3) is 0 Å². The number of carbonyl (C=O) groups excluding carboxylic acids is 1. The van der Waals surface area contributed by atoms with E-state index in [1.54, 1.807) is 24.3 Å². The average Bonchev–Trinajstić information content (AvgIpc) is 3.11. The van der Waals surface area contributed by atoms with Gasteiger partial charge in [0.2, 0.25) is 6.79 Å². The SMILES string of the molecule is CC(=O)OC1=C(Cl)c2cc(OC(C)C)ccc2OC1c1ccc2c(c1)OCO2. The summed E-state index contributed by atoms with van der Waals surface area (Å²) in [6.07, 6.45) is -0.685. The van der Waals surface area contributed by atoms with Crippen LogP contribution in [0, 0.1) is 0 Å². The zero-order chi connectivity index (χ0) is 19.8. The van der Waals surface area contributed by atoms with Crippen molar-refractivity contribution in [1.29, 1.82) is 0 Å². The van der Waals surface area contributed by atoms with E-state index in [2.05, 4.69) is 0 Å². The molecule has 0 saturated heterocycles. The highest BCUT2D eigenvalue weighted by Gasteiger charge is 2.33. The van der Waals surface area contributed by atoms with Crippen LogP contribution < -0.4 is 18.9 Å². The fourth-order valence-corrected chi connectivity index (χ4v) is 3.39. The smallest absolute Gasteiger partial charge is 0.307 e. The minimum Gasteiger partial charge on any atom is -0.491 e. The Morgan fingerprint density at radius 3 is 2.61 bits per heavy atom. The minimum atomic E-state index is -0.699. The second-order valence-corrected chi connectivity index (χ2v) is 7.09. The summed E-state index contributed by atoms with van der Waals surface area (Å²) in [5, 5.41) is 0.299. The molecule has 2 aliphatic rings. The van der Waals surface area contributed by atoms with Crippen molar-refractivity contribution in [3.8, 4) is 23.0 Å². The van der Waals surface area contributed by atoms with Gasteiger partial charge in [-0.25, -0.2) is 0 Å². The molecule has 4 rings (SSSR count). The fraction of sp³-hybridized carbons (Fsp3) is 0.286. The van der Waals surface area contributed by atoms with Crippen LogP contribution >= 0.6 is 11.6 Å². The highest BCUT2D eigenvalue weighted by atomic mass is 35.5. The number of hydrogen-bond donors (Lipinski definition) is 0. The number of fused-ring (bicyclic) bond motifs is 2. The monoisotopic (exact) mass is 402 g/mol. The number of halogens is 1. The van der Waals surface area contributed by atoms with Crippen molar-refractivity contribution in [2.24, 2.45) is 0 Å². The summed E-state index contributed by atoms with van der Waals surface area (Å²) in [5.41, 5.74) is 1.33. The first-order valence-electron chi connectivity index (χ1n) is 8.87. The second kappa shape index (κ2) is 7.28. The van der Waals surface area contributed by atoms with Gasteiger partial charge >= 0.3 is 5.97 Å². The van der Waals surface area contributed by atoms with Gasteiger partial charge in [0.1, 0.15) is 11.5 Å². The molecule has 2 aromatic carbocycles. The molecule has 7 heteroatoms. The van der Waals surface area contributed by atoms with Crippen molar-refractivity contribution in [3.05, 3.63) is 53.3 Å². The molecule has 146 valence electrons. The molecule has 2 heterocycles. The fourth-order valence-electron chi connectivity index (χ4n) is 3.11. The van der Waals surface area contributed by atoms with E-state index in [1.807, 2.05) is 26.0 Å². The quantitative estimate of drug-likeness (QED) is 0.684. The molecule has 6 nitrogen and oxygen atoms in total. The van der Waals surface area contributed by atoms with Crippen LogP contribution in [-0.4, -0.2) is 18.9 Å². The van der Waals surface area contributed by atoms with Crippen LogP contribution in [0.2, 0.25) is 0 Å². The zero-order valence-corrected chi connectivity index (χ0v) is 16.4. The van der Waals surface area contributed by atoms with Gasteiger partial charge in [-0.3, -0.25) is 4.79 Å². The molecule has 0 N–H and O–H groups in total. The molecule has 0 saturated carbocycles. The summed E-state index contributed by atoms with van der Waals surface area (Å²) in [6, 6.07) is 10.8. The third-order valence-electron chi connectivity index (χ3n) is 4.21. The van der Waals surface area contributed by atoms with Crippen molar-refractivity contribution >= 4 is 22.6 Å². The Hall–Kier alpha value is -2.86. The number of benzene rings is 2. The van der Waals surface area contributed by atoms with E-state index in [0.29, 0.717) is 33.6 Å². The molecule has 0 bridgehead atoms. The van der Waals surface area contributed by atoms with Crippen LogP contribution in [0.4, 0.5) is 0 Å². The van der Waals surface area contributed by atoms with Crippen molar-refractivity contribution in [2.45, 2.75) is 33.0 Å². The Balaban J connectivity index is 1.77. The van der Waals surface area contributed by atoms with E-state index < -0.39 is 12.1 Å². The predicted octanol–water partition coefficient (Wildman–Crippen LogP) is 4.81. The molecule has 1 atom stereocenters. The molecule has 0 amide bonds. The molecule has 2 aromatic rings. The normalized spacial score (nSPS) is 17.2. The van der Waals surface area contributed by atoms with Crippen molar-refractivity contribution < 1.29 is 28.5 Å². The van der Waals surface area contributed by atoms with E-state index in [1.165, 1.54) is 6.92 Å². The van der Waals surface area contributed by atoms with Crippen molar-refractivity contribution in [2.75, 3.05) is 6.79 Å². The molecule has 0 spiro atoms. The van der Waals surface area contributed by atoms with Gasteiger partial charge in [-0.2, -0.15) is 0 Å². The van der Waals surface area contributed by atoms with Crippen LogP contribution in [0.25, 0.3) is 5.03 Å². The standard InChI is InChI=1S/C21H19ClO6/c1-11(2)26-14-5-7-16-15(9-14)19(22)21(27-12(3)23)20(28-16)13-4-6-17-18(8-13)25-10-24-17/h4-9,11,20H,10H2,1-3H3. The van der Waals surface area contributed by atoms with Gasteiger partial charge in [0.05, 0.1) is 11.1 Å². The number of rotatable bonds is 4. The lowest BCUT2D eigenvalue weighted by Gasteiger charge is -2.29. The Labute approximate surface area is 167 Å². The first kappa shape index (κ1) is 18.5. The molecule has 2 aliphatic heterocycles. The van der Waals surface area contributed by atoms with E-state index in [-0.39, 0.29) is 18.7 Å². The minimum absolute atomic E-state index is 0.0136. The Morgan fingerprint density at radius 1 is 1.11 bits per heavy atom. The summed E-state index contributed by atoms with van der Waals surface area (Å²) < 4.78 is 28.1. The first-order chi connectivity index (χ1) is 13.4. The van der Waals surface area contributed by atoms with Gasteiger partial charge in [0.15, 0.2) is 23.4 Å². The first-order valence-corrected chi connectivity index (χ1v) is 9.25. The van der Waals surface area contributed by atoms with E-state index in [0.717, 1.165) is 5.56 Å². The van der Waals surface area contributed by atoms with Crippen LogP contribution in [0.3, 0.4) is 0 Å². The number of esters is 1. The van der Waals surface area contributed by atoms with Crippen molar-refractivity contribution in [1.82, 2.24) is 0 Å². The van der Waals surface area contributed by atoms with Crippen LogP contribution in [0.15, 0.2) is 42.2 Å². The lowest BCUT2D eigenvalue weighted by molar-refractivity contribution is -0.138. The highest BCUT2D eigenvalue weighted by Crippen LogP contribution is 2.47. The molecule has 0 radical (unpaired) electrons. The topological polar surface area (TPSA) is 63.2 Å². The maximum Gasteiger partial charge on any atom is 0.307 e. The molecule has 1 unspecified atom stereocenters. The number of hydrogen-bond acceptors (Lipinski definition) is 6. The lowest BCUT2D eigenvalue weighted by atomic mass is 10.0. The van der Waals surface area contributed by atoms with Gasteiger partial charge in [0, 0.05) is 18.1 Å². The summed E-state index contributed by atoms with van der Waals surface area (Å²) in [4.78, 5) is 11.7. The Bertz CT molecular complexity index is 965. The predicted molar refractivity (Wildman–Crippen MR) is 103 cm³/mol. The van der Waals surface area contributed by atoms with E-state index in [4.69, 9.17) is 35.3 Å². The van der Waals surface area contributed by atoms with Crippen LogP contribution in [-0.2, 0) is 9.53 Å². The zero-order valence-electron chi connectivity index (χ0n) is 15.7. The molecule has 0 fully saturated rings.